The van der Waals surface area contributed by atoms with Gasteiger partial charge in [0, 0.05) is 52.1 Å². The second kappa shape index (κ2) is 8.16. The van der Waals surface area contributed by atoms with E-state index in [2.05, 4.69) is 21.9 Å². The van der Waals surface area contributed by atoms with E-state index in [9.17, 15) is 9.59 Å². The Morgan fingerprint density at radius 1 is 0.960 bits per heavy atom. The first-order valence-electron chi connectivity index (χ1n) is 8.77. The van der Waals surface area contributed by atoms with Crippen LogP contribution in [-0.2, 0) is 9.59 Å². The maximum Gasteiger partial charge on any atom is 0.229 e. The summed E-state index contributed by atoms with van der Waals surface area (Å²) in [7, 11) is 1.70. The monoisotopic (exact) mass is 343 g/mol. The molecule has 6 heteroatoms. The van der Waals surface area contributed by atoms with E-state index in [-0.39, 0.29) is 11.8 Å². The van der Waals surface area contributed by atoms with Gasteiger partial charge in [0.15, 0.2) is 0 Å². The number of hydrogen-bond acceptors (Lipinski definition) is 5. The number of nitrogens with zero attached hydrogens (tertiary/aromatic N) is 3. The van der Waals surface area contributed by atoms with Crippen molar-refractivity contribution in [3.05, 3.63) is 36.4 Å². The number of anilines is 1. The number of methoxy groups -OCH3 is 1. The number of ether oxygens (including phenoxy) is 1. The van der Waals surface area contributed by atoms with E-state index in [0.717, 1.165) is 44.2 Å². The second-order valence-electron chi connectivity index (χ2n) is 6.33. The van der Waals surface area contributed by atoms with Gasteiger partial charge in [-0.1, -0.05) is 24.3 Å². The molecule has 3 rings (SSSR count). The molecule has 0 N–H and O–H groups in total. The number of imide groups is 1. The molecule has 1 aromatic carbocycles. The van der Waals surface area contributed by atoms with Crippen molar-refractivity contribution in [2.24, 2.45) is 0 Å². The largest absolute Gasteiger partial charge is 0.495 e. The lowest BCUT2D eigenvalue weighted by Crippen LogP contribution is -2.46. The highest BCUT2D eigenvalue weighted by Crippen LogP contribution is 2.28. The quantitative estimate of drug-likeness (QED) is 0.579. The van der Waals surface area contributed by atoms with E-state index in [0.29, 0.717) is 19.4 Å². The van der Waals surface area contributed by atoms with Crippen LogP contribution in [-0.4, -0.2) is 68.0 Å². The number of likely N-dealkylation sites (tertiary alicyclic amines) is 1. The van der Waals surface area contributed by atoms with Gasteiger partial charge in [0.1, 0.15) is 5.75 Å². The highest BCUT2D eigenvalue weighted by atomic mass is 16.5. The Labute approximate surface area is 148 Å². The topological polar surface area (TPSA) is 53.1 Å². The first kappa shape index (κ1) is 17.5. The van der Waals surface area contributed by atoms with Crippen molar-refractivity contribution in [1.82, 2.24) is 9.80 Å². The van der Waals surface area contributed by atoms with Crippen LogP contribution in [0.15, 0.2) is 36.4 Å². The summed E-state index contributed by atoms with van der Waals surface area (Å²) in [5.74, 6) is 0.802. The Hall–Kier alpha value is -2.34. The number of rotatable bonds is 6. The fourth-order valence-electron chi connectivity index (χ4n) is 3.29. The summed E-state index contributed by atoms with van der Waals surface area (Å²) < 4.78 is 5.44. The third kappa shape index (κ3) is 4.20. The third-order valence-corrected chi connectivity index (χ3v) is 4.77. The molecule has 2 heterocycles. The van der Waals surface area contributed by atoms with Crippen LogP contribution in [0.4, 0.5) is 5.69 Å². The third-order valence-electron chi connectivity index (χ3n) is 4.77. The SMILES string of the molecule is COc1ccccc1N1CCN(C/C=C\CN2C(=O)CCC2=O)CC1. The number of piperazine rings is 1. The lowest BCUT2D eigenvalue weighted by molar-refractivity contribution is -0.137. The molecule has 2 saturated heterocycles. The van der Waals surface area contributed by atoms with Gasteiger partial charge >= 0.3 is 0 Å². The van der Waals surface area contributed by atoms with Crippen LogP contribution in [0.3, 0.4) is 0 Å². The molecule has 25 heavy (non-hydrogen) atoms. The molecule has 2 aliphatic heterocycles. The zero-order chi connectivity index (χ0) is 17.6. The Morgan fingerprint density at radius 3 is 2.28 bits per heavy atom. The molecule has 2 fully saturated rings. The lowest BCUT2D eigenvalue weighted by Gasteiger charge is -2.36. The van der Waals surface area contributed by atoms with Crippen LogP contribution in [0.25, 0.3) is 0 Å². The first-order valence-corrected chi connectivity index (χ1v) is 8.77. The fraction of sp³-hybridized carbons (Fsp3) is 0.474. The van der Waals surface area contributed by atoms with Gasteiger partial charge in [-0.2, -0.15) is 0 Å². The number of carbonyl (C=O) groups excluding carboxylic acids is 2. The summed E-state index contributed by atoms with van der Waals surface area (Å²) >= 11 is 0. The molecule has 0 saturated carbocycles. The van der Waals surface area contributed by atoms with Gasteiger partial charge in [-0.15, -0.1) is 0 Å². The van der Waals surface area contributed by atoms with Crippen LogP contribution in [0.5, 0.6) is 5.75 Å². The molecule has 134 valence electrons. The Bertz CT molecular complexity index is 635. The van der Waals surface area contributed by atoms with Crippen molar-refractivity contribution in [1.29, 1.82) is 0 Å². The minimum Gasteiger partial charge on any atom is -0.495 e. The predicted octanol–water partition coefficient (Wildman–Crippen LogP) is 1.52. The molecule has 6 nitrogen and oxygen atoms in total. The van der Waals surface area contributed by atoms with Crippen molar-refractivity contribution in [2.75, 3.05) is 51.3 Å². The zero-order valence-electron chi connectivity index (χ0n) is 14.7. The molecule has 0 unspecified atom stereocenters. The van der Waals surface area contributed by atoms with Gasteiger partial charge < -0.3 is 9.64 Å². The average Bonchev–Trinajstić information content (AvgIpc) is 2.97. The van der Waals surface area contributed by atoms with Crippen LogP contribution < -0.4 is 9.64 Å². The number of carbonyl (C=O) groups is 2. The molecule has 0 atom stereocenters. The molecular formula is C19H25N3O3. The second-order valence-corrected chi connectivity index (χ2v) is 6.33. The summed E-state index contributed by atoms with van der Waals surface area (Å²) in [4.78, 5) is 29.2. The van der Waals surface area contributed by atoms with E-state index >= 15 is 0 Å². The van der Waals surface area contributed by atoms with Gasteiger partial charge in [0.25, 0.3) is 0 Å². The summed E-state index contributed by atoms with van der Waals surface area (Å²) in [5.41, 5.74) is 1.14. The zero-order valence-corrected chi connectivity index (χ0v) is 14.7. The van der Waals surface area contributed by atoms with Crippen molar-refractivity contribution in [2.45, 2.75) is 12.8 Å². The number of hydrogen-bond donors (Lipinski definition) is 0. The number of para-hydroxylation sites is 2. The maximum absolute atomic E-state index is 11.5. The van der Waals surface area contributed by atoms with Gasteiger partial charge in [-0.05, 0) is 12.1 Å². The molecule has 2 aliphatic rings. The van der Waals surface area contributed by atoms with Crippen molar-refractivity contribution >= 4 is 17.5 Å². The summed E-state index contributed by atoms with van der Waals surface area (Å²) in [6, 6.07) is 8.11. The van der Waals surface area contributed by atoms with Crippen LogP contribution >= 0.6 is 0 Å². The number of benzene rings is 1. The van der Waals surface area contributed by atoms with Gasteiger partial charge in [-0.3, -0.25) is 19.4 Å². The Kier molecular flexibility index (Phi) is 5.71. The van der Waals surface area contributed by atoms with E-state index in [1.54, 1.807) is 7.11 Å². The molecular weight excluding hydrogens is 318 g/mol. The molecule has 1 aromatic rings. The predicted molar refractivity (Wildman–Crippen MR) is 96.7 cm³/mol. The van der Waals surface area contributed by atoms with Crippen molar-refractivity contribution < 1.29 is 14.3 Å². The van der Waals surface area contributed by atoms with Crippen LogP contribution in [0, 0.1) is 0 Å². The van der Waals surface area contributed by atoms with Gasteiger partial charge in [0.05, 0.1) is 12.8 Å². The van der Waals surface area contributed by atoms with Crippen molar-refractivity contribution in [3.8, 4) is 5.75 Å². The lowest BCUT2D eigenvalue weighted by atomic mass is 10.2. The normalized spacial score (nSPS) is 19.2. The molecule has 0 bridgehead atoms. The summed E-state index contributed by atoms with van der Waals surface area (Å²) in [6.07, 6.45) is 4.69. The Balaban J connectivity index is 1.44. The minimum atomic E-state index is -0.0555. The standard InChI is InChI=1S/C19H25N3O3/c1-25-17-7-3-2-6-16(17)21-14-12-20(13-15-21)10-4-5-11-22-18(23)8-9-19(22)24/h2-7H,8-15H2,1H3/b5-4-. The summed E-state index contributed by atoms with van der Waals surface area (Å²) in [5, 5.41) is 0. The number of amides is 2. The summed E-state index contributed by atoms with van der Waals surface area (Å²) in [6.45, 7) is 5.11. The maximum atomic E-state index is 11.5. The molecule has 0 spiro atoms. The van der Waals surface area contributed by atoms with E-state index in [1.165, 1.54) is 4.90 Å². The Morgan fingerprint density at radius 2 is 1.60 bits per heavy atom. The molecule has 0 radical (unpaired) electrons. The van der Waals surface area contributed by atoms with Gasteiger partial charge in [-0.25, -0.2) is 0 Å². The molecule has 0 aliphatic carbocycles. The highest BCUT2D eigenvalue weighted by molar-refractivity contribution is 6.02. The smallest absolute Gasteiger partial charge is 0.229 e. The van der Waals surface area contributed by atoms with Gasteiger partial charge in [0.2, 0.25) is 11.8 Å². The van der Waals surface area contributed by atoms with Crippen LogP contribution in [0.2, 0.25) is 0 Å². The van der Waals surface area contributed by atoms with E-state index in [4.69, 9.17) is 4.74 Å². The van der Waals surface area contributed by atoms with Crippen LogP contribution in [0.1, 0.15) is 12.8 Å². The minimum absolute atomic E-state index is 0.0555. The molecule has 0 aromatic heterocycles. The highest BCUT2D eigenvalue weighted by Gasteiger charge is 2.27. The van der Waals surface area contributed by atoms with Crippen molar-refractivity contribution in [3.63, 3.8) is 0 Å². The van der Waals surface area contributed by atoms with E-state index in [1.807, 2.05) is 24.3 Å². The van der Waals surface area contributed by atoms with E-state index < -0.39 is 0 Å². The fourth-order valence-corrected chi connectivity index (χ4v) is 3.29. The molecule has 2 amide bonds. The first-order chi connectivity index (χ1) is 12.2. The average molecular weight is 343 g/mol.